The van der Waals surface area contributed by atoms with Crippen molar-refractivity contribution in [1.29, 1.82) is 0 Å². The molecule has 0 aromatic rings. The fourth-order valence-electron chi connectivity index (χ4n) is 15.6. The average molecular weight is 1550 g/mol. The Morgan fingerprint density at radius 3 is 1.79 bits per heavy atom. The first kappa shape index (κ1) is 92.4. The maximum Gasteiger partial charge on any atom is 0.331 e. The van der Waals surface area contributed by atoms with Gasteiger partial charge in [0.05, 0.1) is 122 Å². The highest BCUT2D eigenvalue weighted by molar-refractivity contribution is 5.82. The second-order valence-electron chi connectivity index (χ2n) is 32.0. The van der Waals surface area contributed by atoms with Gasteiger partial charge in [-0.1, -0.05) is 91.0 Å². The minimum atomic E-state index is -2.72. The van der Waals surface area contributed by atoms with E-state index in [1.165, 1.54) is 58.9 Å². The number of rotatable bonds is 17. The zero-order chi connectivity index (χ0) is 79.9. The molecule has 31 heteroatoms. The van der Waals surface area contributed by atoms with Gasteiger partial charge in [0.15, 0.2) is 37.2 Å². The van der Waals surface area contributed by atoms with Gasteiger partial charge in [-0.2, -0.15) is 0 Å². The third-order valence-corrected chi connectivity index (χ3v) is 23.5. The Kier molecular flexibility index (Phi) is 36.6. The maximum absolute atomic E-state index is 13.6. The molecule has 0 aromatic heterocycles. The van der Waals surface area contributed by atoms with Gasteiger partial charge in [-0.3, -0.25) is 0 Å². The van der Waals surface area contributed by atoms with E-state index in [9.17, 15) is 96.7 Å². The van der Waals surface area contributed by atoms with Crippen LogP contribution < -0.4 is 0 Å². The van der Waals surface area contributed by atoms with Crippen LogP contribution in [0.3, 0.4) is 0 Å². The lowest BCUT2D eigenvalue weighted by Crippen LogP contribution is -2.65. The molecule has 31 nitrogen and oxygen atoms in total. The largest absolute Gasteiger partial charge is 0.458 e. The predicted molar refractivity (Wildman–Crippen MR) is 384 cm³/mol. The molecule has 2 bridgehead atoms. The van der Waals surface area contributed by atoms with Crippen molar-refractivity contribution >= 4 is 5.97 Å². The van der Waals surface area contributed by atoms with Crippen molar-refractivity contribution in [3.05, 3.63) is 48.6 Å². The van der Waals surface area contributed by atoms with Gasteiger partial charge in [-0.15, -0.1) is 0 Å². The molecular formula is C77H132O31. The fourth-order valence-corrected chi connectivity index (χ4v) is 15.6. The van der Waals surface area contributed by atoms with Crippen molar-refractivity contribution in [1.82, 2.24) is 0 Å². The Morgan fingerprint density at radius 1 is 0.491 bits per heavy atom. The summed E-state index contributed by atoms with van der Waals surface area (Å²) in [5, 5.41) is 205. The Labute approximate surface area is 634 Å². The van der Waals surface area contributed by atoms with Gasteiger partial charge >= 0.3 is 5.97 Å². The Hall–Kier alpha value is -2.73. The number of allylic oxidation sites excluding steroid dienone is 4. The Balaban J connectivity index is 1.09. The Morgan fingerprint density at radius 2 is 1.11 bits per heavy atom. The number of esters is 1. The average Bonchev–Trinajstić information content (AvgIpc) is 0.772. The molecule has 18 N–H and O–H groups in total. The highest BCUT2D eigenvalue weighted by Crippen LogP contribution is 2.42. The van der Waals surface area contributed by atoms with Crippen LogP contribution in [-0.4, -0.2) is 312 Å². The van der Waals surface area contributed by atoms with Crippen LogP contribution in [0.4, 0.5) is 0 Å². The SMILES string of the molecule is CCC(OC1CCC(OC2CCC(O)C(C)O2)C(C)O1)C(C)C(O)C(C)C(O)C(C)C1CC=CC=CC(O)CC(O)C(C)C(O)CC(O)C(C)C2CC(O)C(O)C(O)(CC(OC3OC(C)C(O)C(OC4CC(O)C(O)C(C)O4)C3OC3OC(C)C(O)C(O)C3O)C(C)CCC(O)CC(O)CC=CC=CC(=O)O1)O2. The number of ether oxygens (including phenoxy) is 12. The number of aliphatic hydroxyl groups excluding tert-OH is 17. The van der Waals surface area contributed by atoms with Crippen LogP contribution in [-0.2, 0) is 61.6 Å². The van der Waals surface area contributed by atoms with Gasteiger partial charge in [0.25, 0.3) is 0 Å². The zero-order valence-corrected chi connectivity index (χ0v) is 64.7. The predicted octanol–water partition coefficient (Wildman–Crippen LogP) is 0.697. The van der Waals surface area contributed by atoms with Gasteiger partial charge < -0.3 is 149 Å². The number of hydrogen-bond donors (Lipinski definition) is 18. The molecule has 6 fully saturated rings. The summed E-state index contributed by atoms with van der Waals surface area (Å²) in [6, 6.07) is 0. The molecule has 7 aliphatic rings. The minimum absolute atomic E-state index is 0.00606. The first-order valence-electron chi connectivity index (χ1n) is 39.2. The quantitative estimate of drug-likeness (QED) is 0.0891. The van der Waals surface area contributed by atoms with E-state index < -0.39 is 244 Å². The second-order valence-corrected chi connectivity index (χ2v) is 32.0. The van der Waals surface area contributed by atoms with Crippen molar-refractivity contribution in [3.8, 4) is 0 Å². The number of carbonyl (C=O) groups is 1. The van der Waals surface area contributed by atoms with Gasteiger partial charge in [-0.25, -0.2) is 4.79 Å². The molecule has 0 spiro atoms. The lowest BCUT2D eigenvalue weighted by atomic mass is 9.79. The van der Waals surface area contributed by atoms with E-state index in [-0.39, 0.29) is 76.1 Å². The van der Waals surface area contributed by atoms with Gasteiger partial charge in [0.2, 0.25) is 0 Å². The fraction of sp³-hybridized carbons (Fsp3) is 0.883. The molecule has 626 valence electrons. The van der Waals surface area contributed by atoms with Gasteiger partial charge in [0.1, 0.15) is 54.9 Å². The lowest BCUT2D eigenvalue weighted by Gasteiger charge is -2.50. The number of cyclic esters (lactones) is 1. The van der Waals surface area contributed by atoms with E-state index in [0.29, 0.717) is 32.1 Å². The van der Waals surface area contributed by atoms with E-state index in [1.807, 2.05) is 27.7 Å². The number of hydrogen-bond acceptors (Lipinski definition) is 31. The molecule has 41 atom stereocenters. The Bertz CT molecular complexity index is 2740. The summed E-state index contributed by atoms with van der Waals surface area (Å²) >= 11 is 0. The first-order valence-corrected chi connectivity index (χ1v) is 39.2. The van der Waals surface area contributed by atoms with Crippen LogP contribution >= 0.6 is 0 Å². The summed E-state index contributed by atoms with van der Waals surface area (Å²) in [6.45, 7) is 20.0. The number of fused-ring (bicyclic) bond motifs is 2. The molecule has 6 saturated heterocycles. The summed E-state index contributed by atoms with van der Waals surface area (Å²) in [5.74, 6) is -8.32. The molecule has 41 unspecified atom stereocenters. The van der Waals surface area contributed by atoms with E-state index in [2.05, 4.69) is 0 Å². The summed E-state index contributed by atoms with van der Waals surface area (Å²) in [7, 11) is 0. The maximum atomic E-state index is 13.6. The summed E-state index contributed by atoms with van der Waals surface area (Å²) in [5.41, 5.74) is 0. The third kappa shape index (κ3) is 25.4. The van der Waals surface area contributed by atoms with E-state index in [1.54, 1.807) is 39.0 Å². The van der Waals surface area contributed by atoms with Crippen LogP contribution in [0.2, 0.25) is 0 Å². The second kappa shape index (κ2) is 42.8. The molecule has 0 saturated carbocycles. The first-order chi connectivity index (χ1) is 50.8. The lowest BCUT2D eigenvalue weighted by molar-refractivity contribution is -0.390. The number of aliphatic hydroxyl groups is 18. The van der Waals surface area contributed by atoms with Crippen molar-refractivity contribution in [3.63, 3.8) is 0 Å². The van der Waals surface area contributed by atoms with E-state index in [0.717, 1.165) is 6.08 Å². The molecule has 0 aliphatic carbocycles. The third-order valence-electron chi connectivity index (χ3n) is 23.5. The summed E-state index contributed by atoms with van der Waals surface area (Å²) in [4.78, 5) is 13.6. The van der Waals surface area contributed by atoms with Crippen molar-refractivity contribution < 1.29 is 154 Å². The highest BCUT2D eigenvalue weighted by atomic mass is 16.8. The van der Waals surface area contributed by atoms with Gasteiger partial charge in [-0.05, 0) is 91.9 Å². The highest BCUT2D eigenvalue weighted by Gasteiger charge is 2.56. The smallest absolute Gasteiger partial charge is 0.331 e. The normalized spacial score (nSPS) is 46.4. The monoisotopic (exact) mass is 1550 g/mol. The molecule has 0 amide bonds. The number of carbonyl (C=O) groups excluding carboxylic acids is 1. The van der Waals surface area contributed by atoms with E-state index in [4.69, 9.17) is 56.8 Å². The van der Waals surface area contributed by atoms with Crippen LogP contribution in [0.1, 0.15) is 179 Å². The molecule has 0 radical (unpaired) electrons. The van der Waals surface area contributed by atoms with Crippen molar-refractivity contribution in [2.75, 3.05) is 0 Å². The molecule has 7 heterocycles. The van der Waals surface area contributed by atoms with Crippen molar-refractivity contribution in [2.24, 2.45) is 35.5 Å². The van der Waals surface area contributed by atoms with Crippen LogP contribution in [0.5, 0.6) is 0 Å². The summed E-state index contributed by atoms with van der Waals surface area (Å²) in [6.07, 6.45) is -28.8. The van der Waals surface area contributed by atoms with E-state index >= 15 is 0 Å². The van der Waals surface area contributed by atoms with Crippen LogP contribution in [0.25, 0.3) is 0 Å². The molecular weight excluding hydrogens is 1420 g/mol. The summed E-state index contributed by atoms with van der Waals surface area (Å²) < 4.78 is 74.7. The molecule has 7 aliphatic heterocycles. The minimum Gasteiger partial charge on any atom is -0.458 e. The van der Waals surface area contributed by atoms with Gasteiger partial charge in [0, 0.05) is 80.6 Å². The van der Waals surface area contributed by atoms with Crippen molar-refractivity contribution in [2.45, 2.75) is 394 Å². The standard InChI is InChI=1S/C77H132O31/c1-13-56(103-63-29-27-58(43(9)98-63)104-62-28-26-50(81)42(8)97-62)39(5)65(88)41(7)66(89)40(6)57-22-18-14-16-21-48(79)31-51(82)37(3)52(83)32-53(84)38(4)59-33-55(86)74(95)77(96,108-59)35-60(36(2)24-25-49(80)30-47(78)20-17-15-19-23-61(87)102-57)105-76-73(107-75-71(94)70(93)68(91)45(11)100-75)72(69(92)46(12)101-76)106-64-34-54(85)67(90)44(10)99-64/h14-19,21,23,36-60,62-76,78-86,88-96H,13,20,22,24-35H2,1-12H3. The topological polar surface area (TPSA) is 492 Å². The molecule has 108 heavy (non-hydrogen) atoms. The zero-order valence-electron chi connectivity index (χ0n) is 64.7. The van der Waals surface area contributed by atoms with Crippen LogP contribution in [0.15, 0.2) is 48.6 Å². The van der Waals surface area contributed by atoms with Crippen LogP contribution in [0, 0.1) is 35.5 Å². The molecule has 7 rings (SSSR count). The molecule has 0 aromatic carbocycles.